The molecule has 4 aliphatic rings. The van der Waals surface area contributed by atoms with E-state index in [-0.39, 0.29) is 21.7 Å². The van der Waals surface area contributed by atoms with Crippen LogP contribution in [0.15, 0.2) is 34.3 Å². The zero-order valence-electron chi connectivity index (χ0n) is 27.6. The molecule has 0 heterocycles. The Hall–Kier alpha value is -2.62. The van der Waals surface area contributed by atoms with Gasteiger partial charge in [0.15, 0.2) is 0 Å². The lowest BCUT2D eigenvalue weighted by Crippen LogP contribution is -2.48. The van der Waals surface area contributed by atoms with Crippen LogP contribution in [0, 0.1) is 17.8 Å². The number of phenols is 2. The Morgan fingerprint density at radius 2 is 1.07 bits per heavy atom. The second-order valence-electron chi connectivity index (χ2n) is 16.9. The SMILES string of the molecule is CC(C)(C)c1cc(C=NCCN=Cc2cc(C(C)(C)C)cc(C34CC5CC(CC(C5)C3)C4)c2O)c(O)c(C(C)(C)C)c1. The van der Waals surface area contributed by atoms with Crippen LogP contribution in [-0.4, -0.2) is 35.7 Å². The van der Waals surface area contributed by atoms with Gasteiger partial charge in [0.25, 0.3) is 0 Å². The number of benzene rings is 2. The molecule has 4 bridgehead atoms. The first-order valence-corrected chi connectivity index (χ1v) is 16.2. The van der Waals surface area contributed by atoms with E-state index in [0.717, 1.165) is 34.4 Å². The molecule has 0 atom stereocenters. The average Bonchev–Trinajstić information content (AvgIpc) is 2.84. The van der Waals surface area contributed by atoms with E-state index in [0.29, 0.717) is 24.6 Å². The molecule has 2 aromatic rings. The lowest BCUT2D eigenvalue weighted by molar-refractivity contribution is -0.00619. The molecule has 0 aromatic heterocycles. The van der Waals surface area contributed by atoms with Crippen LogP contribution in [0.2, 0.25) is 0 Å². The fourth-order valence-electron chi connectivity index (χ4n) is 8.23. The van der Waals surface area contributed by atoms with Gasteiger partial charge >= 0.3 is 0 Å². The molecule has 0 unspecified atom stereocenters. The van der Waals surface area contributed by atoms with E-state index >= 15 is 0 Å². The molecule has 42 heavy (non-hydrogen) atoms. The topological polar surface area (TPSA) is 65.2 Å². The monoisotopic (exact) mass is 570 g/mol. The van der Waals surface area contributed by atoms with Gasteiger partial charge < -0.3 is 10.2 Å². The molecule has 2 aromatic carbocycles. The molecule has 0 radical (unpaired) electrons. The highest BCUT2D eigenvalue weighted by atomic mass is 16.3. The summed E-state index contributed by atoms with van der Waals surface area (Å²) >= 11 is 0. The highest BCUT2D eigenvalue weighted by Gasteiger charge is 2.52. The van der Waals surface area contributed by atoms with E-state index in [1.807, 2.05) is 6.21 Å². The highest BCUT2D eigenvalue weighted by Crippen LogP contribution is 2.62. The van der Waals surface area contributed by atoms with Crippen LogP contribution in [0.25, 0.3) is 0 Å². The van der Waals surface area contributed by atoms with Crippen LogP contribution in [-0.2, 0) is 21.7 Å². The number of hydrogen-bond acceptors (Lipinski definition) is 4. The third-order valence-electron chi connectivity index (χ3n) is 10.2. The molecule has 228 valence electrons. The van der Waals surface area contributed by atoms with Crippen molar-refractivity contribution < 1.29 is 10.2 Å². The zero-order chi connectivity index (χ0) is 30.7. The number of aromatic hydroxyl groups is 2. The summed E-state index contributed by atoms with van der Waals surface area (Å²) in [4.78, 5) is 9.36. The van der Waals surface area contributed by atoms with Gasteiger partial charge in [-0.25, -0.2) is 0 Å². The number of phenolic OH excluding ortho intramolecular Hbond substituents is 2. The Bertz CT molecular complexity index is 1340. The summed E-state index contributed by atoms with van der Waals surface area (Å²) in [6, 6.07) is 8.65. The minimum atomic E-state index is -0.170. The smallest absolute Gasteiger partial charge is 0.128 e. The van der Waals surface area contributed by atoms with Gasteiger partial charge in [0.2, 0.25) is 0 Å². The van der Waals surface area contributed by atoms with Crippen LogP contribution >= 0.6 is 0 Å². The fraction of sp³-hybridized carbons (Fsp3) is 0.632. The van der Waals surface area contributed by atoms with Gasteiger partial charge in [-0.3, -0.25) is 9.98 Å². The first kappa shape index (κ1) is 30.8. The quantitative estimate of drug-likeness (QED) is 0.269. The van der Waals surface area contributed by atoms with Crippen molar-refractivity contribution in [2.24, 2.45) is 27.7 Å². The van der Waals surface area contributed by atoms with Crippen LogP contribution in [0.4, 0.5) is 0 Å². The van der Waals surface area contributed by atoms with E-state index in [4.69, 9.17) is 4.99 Å². The van der Waals surface area contributed by atoms with Crippen molar-refractivity contribution in [1.82, 2.24) is 0 Å². The summed E-state index contributed by atoms with van der Waals surface area (Å²) < 4.78 is 0. The van der Waals surface area contributed by atoms with Gasteiger partial charge in [-0.05, 0) is 101 Å². The second kappa shape index (κ2) is 10.8. The Morgan fingerprint density at radius 1 is 0.643 bits per heavy atom. The predicted molar refractivity (Wildman–Crippen MR) is 177 cm³/mol. The first-order valence-electron chi connectivity index (χ1n) is 16.2. The predicted octanol–water partition coefficient (Wildman–Crippen LogP) is 9.00. The van der Waals surface area contributed by atoms with Crippen molar-refractivity contribution in [3.05, 3.63) is 57.6 Å². The van der Waals surface area contributed by atoms with Crippen LogP contribution in [0.1, 0.15) is 134 Å². The molecule has 0 saturated heterocycles. The van der Waals surface area contributed by atoms with Crippen molar-refractivity contribution in [2.75, 3.05) is 13.1 Å². The normalized spacial score (nSPS) is 26.2. The van der Waals surface area contributed by atoms with Crippen molar-refractivity contribution in [2.45, 2.75) is 122 Å². The summed E-state index contributed by atoms with van der Waals surface area (Å²) in [6.07, 6.45) is 11.5. The molecule has 4 nitrogen and oxygen atoms in total. The molecule has 4 heteroatoms. The second-order valence-corrected chi connectivity index (χ2v) is 16.9. The van der Waals surface area contributed by atoms with E-state index in [1.165, 1.54) is 55.2 Å². The van der Waals surface area contributed by atoms with E-state index in [1.54, 1.807) is 6.21 Å². The van der Waals surface area contributed by atoms with Gasteiger partial charge in [0, 0.05) is 34.7 Å². The van der Waals surface area contributed by atoms with E-state index in [2.05, 4.69) is 91.6 Å². The van der Waals surface area contributed by atoms with Crippen LogP contribution < -0.4 is 0 Å². The summed E-state index contributed by atoms with van der Waals surface area (Å²) in [5.74, 6) is 3.23. The maximum Gasteiger partial charge on any atom is 0.128 e. The fourth-order valence-corrected chi connectivity index (χ4v) is 8.23. The Labute approximate surface area is 254 Å². The molecule has 4 saturated carbocycles. The Morgan fingerprint density at radius 3 is 1.50 bits per heavy atom. The largest absolute Gasteiger partial charge is 0.507 e. The van der Waals surface area contributed by atoms with Gasteiger partial charge in [0.1, 0.15) is 11.5 Å². The Kier molecular flexibility index (Phi) is 7.95. The maximum atomic E-state index is 11.7. The van der Waals surface area contributed by atoms with Crippen LogP contribution in [0.5, 0.6) is 11.5 Å². The number of rotatable bonds is 6. The highest BCUT2D eigenvalue weighted by molar-refractivity contribution is 5.86. The standard InChI is InChI=1S/C38H54N2O2/c1-35(2,3)29-15-27(33(41)31(17-29)37(7,8)9)22-39-10-11-40-23-28-16-30(36(4,5)6)18-32(34(28)42)38-19-24-12-25(20-38)14-26(13-24)21-38/h15-18,22-26,41-42H,10-14,19-21H2,1-9H3. The number of aliphatic imine (C=N–C) groups is 2. The minimum absolute atomic E-state index is 0.00682. The molecular formula is C38H54N2O2. The van der Waals surface area contributed by atoms with Gasteiger partial charge in [-0.2, -0.15) is 0 Å². The molecular weight excluding hydrogens is 516 g/mol. The molecule has 6 rings (SSSR count). The van der Waals surface area contributed by atoms with Crippen molar-refractivity contribution in [3.63, 3.8) is 0 Å². The third kappa shape index (κ3) is 6.19. The first-order chi connectivity index (χ1) is 19.5. The zero-order valence-corrected chi connectivity index (χ0v) is 27.6. The minimum Gasteiger partial charge on any atom is -0.507 e. The van der Waals surface area contributed by atoms with E-state index in [9.17, 15) is 10.2 Å². The lowest BCUT2D eigenvalue weighted by atomic mass is 9.47. The molecule has 0 spiro atoms. The average molecular weight is 571 g/mol. The van der Waals surface area contributed by atoms with Crippen molar-refractivity contribution in [3.8, 4) is 11.5 Å². The maximum absolute atomic E-state index is 11.7. The lowest BCUT2D eigenvalue weighted by Gasteiger charge is -2.57. The van der Waals surface area contributed by atoms with Crippen LogP contribution in [0.3, 0.4) is 0 Å². The van der Waals surface area contributed by atoms with E-state index < -0.39 is 0 Å². The van der Waals surface area contributed by atoms with Gasteiger partial charge in [-0.1, -0.05) is 74.4 Å². The summed E-state index contributed by atoms with van der Waals surface area (Å²) in [5.41, 5.74) is 6.10. The third-order valence-corrected chi connectivity index (χ3v) is 10.2. The number of nitrogens with zero attached hydrogens (tertiary/aromatic N) is 2. The molecule has 0 aliphatic heterocycles. The summed E-state index contributed by atoms with van der Waals surface area (Å²) in [6.45, 7) is 20.8. The molecule has 0 amide bonds. The summed E-state index contributed by atoms with van der Waals surface area (Å²) in [7, 11) is 0. The molecule has 2 N–H and O–H groups in total. The Balaban J connectivity index is 1.36. The molecule has 4 aliphatic carbocycles. The van der Waals surface area contributed by atoms with Gasteiger partial charge in [0.05, 0.1) is 13.1 Å². The van der Waals surface area contributed by atoms with Crippen molar-refractivity contribution in [1.29, 1.82) is 0 Å². The summed E-state index contributed by atoms with van der Waals surface area (Å²) in [5, 5.41) is 22.7. The molecule has 4 fully saturated rings. The van der Waals surface area contributed by atoms with Crippen molar-refractivity contribution >= 4 is 12.4 Å². The van der Waals surface area contributed by atoms with Gasteiger partial charge in [-0.15, -0.1) is 0 Å². The number of hydrogen-bond donors (Lipinski definition) is 2.